The van der Waals surface area contributed by atoms with Crippen LogP contribution < -0.4 is 5.32 Å². The summed E-state index contributed by atoms with van der Waals surface area (Å²) in [5.74, 6) is 0.755. The molecule has 0 spiro atoms. The number of hydrogen-bond acceptors (Lipinski definition) is 3. The molecule has 3 heteroatoms. The van der Waals surface area contributed by atoms with Gasteiger partial charge in [0.15, 0.2) is 0 Å². The maximum Gasteiger partial charge on any atom is 0.0491 e. The van der Waals surface area contributed by atoms with Crippen LogP contribution in [-0.4, -0.2) is 44.8 Å². The molecule has 0 radical (unpaired) electrons. The van der Waals surface area contributed by atoms with E-state index in [9.17, 15) is 0 Å². The fourth-order valence-corrected chi connectivity index (χ4v) is 3.12. The lowest BCUT2D eigenvalue weighted by atomic mass is 9.96. The van der Waals surface area contributed by atoms with E-state index in [4.69, 9.17) is 4.74 Å². The van der Waals surface area contributed by atoms with Gasteiger partial charge in [-0.2, -0.15) is 0 Å². The second kappa shape index (κ2) is 9.19. The summed E-state index contributed by atoms with van der Waals surface area (Å²) in [6, 6.07) is 11.3. The lowest BCUT2D eigenvalue weighted by Crippen LogP contribution is -2.40. The van der Waals surface area contributed by atoms with E-state index in [1.165, 1.54) is 37.9 Å². The Morgan fingerprint density at radius 3 is 2.57 bits per heavy atom. The third-order valence-electron chi connectivity index (χ3n) is 4.39. The van der Waals surface area contributed by atoms with E-state index in [2.05, 4.69) is 47.5 Å². The van der Waals surface area contributed by atoms with Crippen LogP contribution >= 0.6 is 0 Å². The second-order valence-electron chi connectivity index (χ2n) is 6.12. The summed E-state index contributed by atoms with van der Waals surface area (Å²) in [6.45, 7) is 7.75. The summed E-state index contributed by atoms with van der Waals surface area (Å²) in [7, 11) is 1.81. The first-order chi connectivity index (χ1) is 10.3. The first-order valence-corrected chi connectivity index (χ1v) is 8.33. The standard InChI is InChI=1S/C18H30N2O/c1-3-11-19-18(17-7-5-4-6-8-17)14-20-12-9-16(10-13-20)15-21-2/h4-8,16,18-19H,3,9-15H2,1-2H3. The molecule has 0 saturated carbocycles. The predicted octanol–water partition coefficient (Wildman–Crippen LogP) is 3.09. The van der Waals surface area contributed by atoms with Crippen molar-refractivity contribution < 1.29 is 4.74 Å². The van der Waals surface area contributed by atoms with Crippen LogP contribution in [0.1, 0.15) is 37.8 Å². The van der Waals surface area contributed by atoms with Gasteiger partial charge in [-0.05, 0) is 50.4 Å². The van der Waals surface area contributed by atoms with Gasteiger partial charge in [-0.1, -0.05) is 37.3 Å². The van der Waals surface area contributed by atoms with Crippen molar-refractivity contribution in [2.24, 2.45) is 5.92 Å². The highest BCUT2D eigenvalue weighted by Crippen LogP contribution is 2.21. The molecule has 1 aromatic rings. The molecule has 1 unspecified atom stereocenters. The minimum absolute atomic E-state index is 0.449. The molecule has 0 bridgehead atoms. The summed E-state index contributed by atoms with van der Waals surface area (Å²) in [5.41, 5.74) is 1.41. The Balaban J connectivity index is 1.87. The minimum atomic E-state index is 0.449. The summed E-state index contributed by atoms with van der Waals surface area (Å²) in [6.07, 6.45) is 3.71. The van der Waals surface area contributed by atoms with E-state index < -0.39 is 0 Å². The number of methoxy groups -OCH3 is 1. The number of nitrogens with one attached hydrogen (secondary N) is 1. The van der Waals surface area contributed by atoms with E-state index in [-0.39, 0.29) is 0 Å². The Kier molecular flexibility index (Phi) is 7.20. The Morgan fingerprint density at radius 1 is 1.24 bits per heavy atom. The Bertz CT molecular complexity index is 374. The molecular formula is C18H30N2O. The fraction of sp³-hybridized carbons (Fsp3) is 0.667. The van der Waals surface area contributed by atoms with Gasteiger partial charge in [0, 0.05) is 26.3 Å². The highest BCUT2D eigenvalue weighted by atomic mass is 16.5. The maximum absolute atomic E-state index is 5.29. The number of piperidine rings is 1. The lowest BCUT2D eigenvalue weighted by molar-refractivity contribution is 0.0952. The van der Waals surface area contributed by atoms with Gasteiger partial charge in [0.2, 0.25) is 0 Å². The van der Waals surface area contributed by atoms with Crippen LogP contribution in [0.5, 0.6) is 0 Å². The SMILES string of the molecule is CCCNC(CN1CCC(COC)CC1)c1ccccc1. The van der Waals surface area contributed by atoms with Gasteiger partial charge in [0.25, 0.3) is 0 Å². The molecule has 118 valence electrons. The Labute approximate surface area is 129 Å². The number of nitrogens with zero attached hydrogens (tertiary/aromatic N) is 1. The Morgan fingerprint density at radius 2 is 1.95 bits per heavy atom. The minimum Gasteiger partial charge on any atom is -0.384 e. The van der Waals surface area contributed by atoms with Crippen molar-refractivity contribution in [1.29, 1.82) is 0 Å². The number of rotatable bonds is 8. The van der Waals surface area contributed by atoms with Crippen LogP contribution in [0.2, 0.25) is 0 Å². The summed E-state index contributed by atoms with van der Waals surface area (Å²) < 4.78 is 5.29. The van der Waals surface area contributed by atoms with Gasteiger partial charge >= 0.3 is 0 Å². The second-order valence-corrected chi connectivity index (χ2v) is 6.12. The molecule has 3 nitrogen and oxygen atoms in total. The van der Waals surface area contributed by atoms with Crippen molar-refractivity contribution in [3.63, 3.8) is 0 Å². The third-order valence-corrected chi connectivity index (χ3v) is 4.39. The third kappa shape index (κ3) is 5.42. The van der Waals surface area contributed by atoms with Crippen molar-refractivity contribution in [1.82, 2.24) is 10.2 Å². The summed E-state index contributed by atoms with van der Waals surface area (Å²) in [5, 5.41) is 3.70. The highest BCUT2D eigenvalue weighted by molar-refractivity contribution is 5.19. The molecule has 21 heavy (non-hydrogen) atoms. The molecule has 0 amide bonds. The molecule has 1 heterocycles. The quantitative estimate of drug-likeness (QED) is 0.796. The average Bonchev–Trinajstić information content (AvgIpc) is 2.54. The normalized spacial score (nSPS) is 18.8. The van der Waals surface area contributed by atoms with Gasteiger partial charge in [-0.25, -0.2) is 0 Å². The number of hydrogen-bond donors (Lipinski definition) is 1. The monoisotopic (exact) mass is 290 g/mol. The van der Waals surface area contributed by atoms with E-state index >= 15 is 0 Å². The van der Waals surface area contributed by atoms with Crippen molar-refractivity contribution in [3.05, 3.63) is 35.9 Å². The van der Waals surface area contributed by atoms with Gasteiger partial charge in [0.05, 0.1) is 0 Å². The summed E-state index contributed by atoms with van der Waals surface area (Å²) >= 11 is 0. The van der Waals surface area contributed by atoms with E-state index in [0.29, 0.717) is 6.04 Å². The van der Waals surface area contributed by atoms with Gasteiger partial charge < -0.3 is 15.0 Å². The molecule has 1 aromatic carbocycles. The molecule has 1 fully saturated rings. The van der Waals surface area contributed by atoms with Crippen LogP contribution in [0.15, 0.2) is 30.3 Å². The molecule has 1 atom stereocenters. The fourth-order valence-electron chi connectivity index (χ4n) is 3.12. The maximum atomic E-state index is 5.29. The van der Waals surface area contributed by atoms with Crippen LogP contribution in [0.3, 0.4) is 0 Å². The molecule has 0 aromatic heterocycles. The van der Waals surface area contributed by atoms with Crippen LogP contribution in [0.4, 0.5) is 0 Å². The number of benzene rings is 1. The molecular weight excluding hydrogens is 260 g/mol. The first-order valence-electron chi connectivity index (χ1n) is 8.33. The van der Waals surface area contributed by atoms with E-state index in [0.717, 1.165) is 25.6 Å². The summed E-state index contributed by atoms with van der Waals surface area (Å²) in [4.78, 5) is 2.60. The zero-order chi connectivity index (χ0) is 14.9. The van der Waals surface area contributed by atoms with Gasteiger partial charge in [0.1, 0.15) is 0 Å². The van der Waals surface area contributed by atoms with Gasteiger partial charge in [-0.3, -0.25) is 0 Å². The lowest BCUT2D eigenvalue weighted by Gasteiger charge is -2.34. The van der Waals surface area contributed by atoms with Crippen molar-refractivity contribution in [2.75, 3.05) is 39.9 Å². The molecule has 0 aliphatic carbocycles. The number of likely N-dealkylation sites (tertiary alicyclic amines) is 1. The van der Waals surface area contributed by atoms with Crippen molar-refractivity contribution in [3.8, 4) is 0 Å². The zero-order valence-electron chi connectivity index (χ0n) is 13.6. The molecule has 1 N–H and O–H groups in total. The smallest absolute Gasteiger partial charge is 0.0491 e. The molecule has 1 aliphatic heterocycles. The highest BCUT2D eigenvalue weighted by Gasteiger charge is 2.22. The van der Waals surface area contributed by atoms with Crippen LogP contribution in [0.25, 0.3) is 0 Å². The van der Waals surface area contributed by atoms with Crippen LogP contribution in [-0.2, 0) is 4.74 Å². The predicted molar refractivity (Wildman–Crippen MR) is 88.5 cm³/mol. The van der Waals surface area contributed by atoms with E-state index in [1.807, 2.05) is 7.11 Å². The van der Waals surface area contributed by atoms with Gasteiger partial charge in [-0.15, -0.1) is 0 Å². The first kappa shape index (κ1) is 16.5. The molecule has 2 rings (SSSR count). The number of ether oxygens (including phenoxy) is 1. The van der Waals surface area contributed by atoms with Crippen molar-refractivity contribution >= 4 is 0 Å². The largest absolute Gasteiger partial charge is 0.384 e. The average molecular weight is 290 g/mol. The molecule has 1 aliphatic rings. The van der Waals surface area contributed by atoms with E-state index in [1.54, 1.807) is 0 Å². The Hall–Kier alpha value is -0.900. The molecule has 1 saturated heterocycles. The van der Waals surface area contributed by atoms with Crippen molar-refractivity contribution in [2.45, 2.75) is 32.2 Å². The topological polar surface area (TPSA) is 24.5 Å². The zero-order valence-corrected chi connectivity index (χ0v) is 13.6. The van der Waals surface area contributed by atoms with Crippen LogP contribution in [0, 0.1) is 5.92 Å².